The lowest BCUT2D eigenvalue weighted by atomic mass is 10.5. The van der Waals surface area contributed by atoms with Crippen molar-refractivity contribution in [2.75, 3.05) is 0 Å². The Morgan fingerprint density at radius 2 is 1.53 bits per heavy atom. The summed E-state index contributed by atoms with van der Waals surface area (Å²) in [5.41, 5.74) is -0.0532. The average molecular weight is 205 g/mol. The molecule has 2 aromatic heterocycles. The van der Waals surface area contributed by atoms with Crippen LogP contribution in [0.3, 0.4) is 0 Å². The van der Waals surface area contributed by atoms with Gasteiger partial charge in [-0.2, -0.15) is 0 Å². The Kier molecular flexibility index (Phi) is 8.78. The van der Waals surface area contributed by atoms with Crippen molar-refractivity contribution in [3.05, 3.63) is 59.5 Å². The maximum atomic E-state index is 10.2. The van der Waals surface area contributed by atoms with Crippen LogP contribution in [0.5, 0.6) is 0 Å². The van der Waals surface area contributed by atoms with Crippen molar-refractivity contribution in [2.24, 2.45) is 0 Å². The molecule has 2 heterocycles. The summed E-state index contributed by atoms with van der Waals surface area (Å²) in [4.78, 5) is 20.1. The normalized spacial score (nSPS) is 7.60. The summed E-state index contributed by atoms with van der Waals surface area (Å²) in [5.74, 6) is 0. The summed E-state index contributed by atoms with van der Waals surface area (Å²) in [7, 11) is 0. The molecule has 0 saturated heterocycles. The van der Waals surface area contributed by atoms with Crippen molar-refractivity contribution >= 4 is 0 Å². The van der Waals surface area contributed by atoms with Crippen molar-refractivity contribution in [2.45, 2.75) is 13.8 Å². The number of hydrogen-bond donors (Lipinski definition) is 1. The van der Waals surface area contributed by atoms with Crippen LogP contribution in [0.15, 0.2) is 54.0 Å². The molecule has 2 rings (SSSR count). The molecule has 2 aromatic rings. The fourth-order valence-electron chi connectivity index (χ4n) is 0.630. The van der Waals surface area contributed by atoms with Crippen LogP contribution in [0.4, 0.5) is 0 Å². The van der Waals surface area contributed by atoms with Crippen LogP contribution >= 0.6 is 0 Å². The molecule has 0 aliphatic rings. The van der Waals surface area contributed by atoms with E-state index in [1.807, 2.05) is 13.8 Å². The minimum absolute atomic E-state index is 0.0532. The predicted molar refractivity (Wildman–Crippen MR) is 60.4 cm³/mol. The lowest BCUT2D eigenvalue weighted by Gasteiger charge is -1.73. The van der Waals surface area contributed by atoms with Crippen molar-refractivity contribution < 1.29 is 0 Å². The van der Waals surface area contributed by atoms with E-state index < -0.39 is 0 Å². The zero-order valence-electron chi connectivity index (χ0n) is 8.92. The molecule has 0 bridgehead atoms. The minimum atomic E-state index is -0.0532. The molecule has 0 amide bonds. The van der Waals surface area contributed by atoms with Crippen LogP contribution in [0.1, 0.15) is 13.8 Å². The van der Waals surface area contributed by atoms with Crippen molar-refractivity contribution in [1.29, 1.82) is 0 Å². The Morgan fingerprint density at radius 1 is 1.00 bits per heavy atom. The van der Waals surface area contributed by atoms with E-state index in [0.717, 1.165) is 0 Å². The van der Waals surface area contributed by atoms with Crippen LogP contribution in [0.2, 0.25) is 0 Å². The topological polar surface area (TPSA) is 58.6 Å². The van der Waals surface area contributed by atoms with Gasteiger partial charge in [0, 0.05) is 37.1 Å². The van der Waals surface area contributed by atoms with E-state index in [9.17, 15) is 4.79 Å². The van der Waals surface area contributed by atoms with E-state index >= 15 is 0 Å². The van der Waals surface area contributed by atoms with Gasteiger partial charge in [0.15, 0.2) is 0 Å². The molecule has 0 spiro atoms. The van der Waals surface area contributed by atoms with Crippen molar-refractivity contribution in [1.82, 2.24) is 15.0 Å². The molecule has 0 fully saturated rings. The number of aromatic nitrogens is 3. The number of rotatable bonds is 0. The summed E-state index contributed by atoms with van der Waals surface area (Å²) in [5, 5.41) is 0. The summed E-state index contributed by atoms with van der Waals surface area (Å²) >= 11 is 0. The van der Waals surface area contributed by atoms with E-state index in [4.69, 9.17) is 0 Å². The molecule has 4 heteroatoms. The van der Waals surface area contributed by atoms with Crippen molar-refractivity contribution in [3.8, 4) is 0 Å². The summed E-state index contributed by atoms with van der Waals surface area (Å²) in [6.45, 7) is 4.00. The van der Waals surface area contributed by atoms with Gasteiger partial charge >= 0.3 is 0 Å². The fourth-order valence-corrected chi connectivity index (χ4v) is 0.630. The van der Waals surface area contributed by atoms with Crippen LogP contribution < -0.4 is 5.56 Å². The fraction of sp³-hybridized carbons (Fsp3) is 0.182. The van der Waals surface area contributed by atoms with Crippen LogP contribution in [0.25, 0.3) is 0 Å². The molecule has 0 saturated carbocycles. The first-order valence-electron chi connectivity index (χ1n) is 4.73. The second-order valence-electron chi connectivity index (χ2n) is 2.12. The molecule has 0 unspecified atom stereocenters. The van der Waals surface area contributed by atoms with Gasteiger partial charge in [-0.05, 0) is 6.07 Å². The number of hydrogen-bond acceptors (Lipinski definition) is 3. The zero-order chi connectivity index (χ0) is 11.4. The minimum Gasteiger partial charge on any atom is -0.329 e. The van der Waals surface area contributed by atoms with Gasteiger partial charge in [-0.15, -0.1) is 0 Å². The molecule has 4 nitrogen and oxygen atoms in total. The lowest BCUT2D eigenvalue weighted by molar-refractivity contribution is 1.20. The molecule has 1 N–H and O–H groups in total. The smallest absolute Gasteiger partial charge is 0.247 e. The largest absolute Gasteiger partial charge is 0.329 e. The van der Waals surface area contributed by atoms with E-state index in [2.05, 4.69) is 15.0 Å². The van der Waals surface area contributed by atoms with Crippen LogP contribution in [-0.2, 0) is 0 Å². The second-order valence-corrected chi connectivity index (χ2v) is 2.12. The molecule has 0 aromatic carbocycles. The Hall–Kier alpha value is -1.97. The standard InChI is InChI=1S/C5H5NO.C4H4N2.C2H6/c7-5-3-1-2-4-6-5;1-2-6-4-3-5-1;1-2/h1-4H,(H,6,7);1-4H;1-2H3. The van der Waals surface area contributed by atoms with Gasteiger partial charge < -0.3 is 4.98 Å². The maximum Gasteiger partial charge on any atom is 0.247 e. The second kappa shape index (κ2) is 10.1. The highest BCUT2D eigenvalue weighted by atomic mass is 16.1. The maximum absolute atomic E-state index is 10.2. The monoisotopic (exact) mass is 205 g/mol. The molecule has 15 heavy (non-hydrogen) atoms. The van der Waals surface area contributed by atoms with Gasteiger partial charge in [-0.25, -0.2) is 0 Å². The Balaban J connectivity index is 0.000000227. The molecular weight excluding hydrogens is 190 g/mol. The predicted octanol–water partition coefficient (Wildman–Crippen LogP) is 1.88. The van der Waals surface area contributed by atoms with Gasteiger partial charge in [-0.1, -0.05) is 19.9 Å². The van der Waals surface area contributed by atoms with E-state index in [-0.39, 0.29) is 5.56 Å². The SMILES string of the molecule is CC.O=c1cccc[nH]1.c1cnccn1. The van der Waals surface area contributed by atoms with Crippen LogP contribution in [0, 0.1) is 0 Å². The highest BCUT2D eigenvalue weighted by Crippen LogP contribution is 1.67. The van der Waals surface area contributed by atoms with Gasteiger partial charge in [0.1, 0.15) is 0 Å². The number of nitrogens with one attached hydrogen (secondary N) is 1. The van der Waals surface area contributed by atoms with Gasteiger partial charge in [0.05, 0.1) is 0 Å². The number of aromatic amines is 1. The Morgan fingerprint density at radius 3 is 1.73 bits per heavy atom. The quantitative estimate of drug-likeness (QED) is 0.714. The summed E-state index contributed by atoms with van der Waals surface area (Å²) in [6.07, 6.45) is 8.16. The molecule has 80 valence electrons. The van der Waals surface area contributed by atoms with Crippen LogP contribution in [-0.4, -0.2) is 15.0 Å². The Labute approximate surface area is 89.1 Å². The van der Waals surface area contributed by atoms with Gasteiger partial charge in [0.2, 0.25) is 5.56 Å². The average Bonchev–Trinajstić information content (AvgIpc) is 2.36. The van der Waals surface area contributed by atoms with Gasteiger partial charge in [0.25, 0.3) is 0 Å². The first-order valence-corrected chi connectivity index (χ1v) is 4.73. The first kappa shape index (κ1) is 13.0. The third-order valence-corrected chi connectivity index (χ3v) is 1.16. The zero-order valence-corrected chi connectivity index (χ0v) is 8.92. The van der Waals surface area contributed by atoms with Crippen molar-refractivity contribution in [3.63, 3.8) is 0 Å². The van der Waals surface area contributed by atoms with E-state index in [1.54, 1.807) is 43.1 Å². The number of nitrogens with zero attached hydrogens (tertiary/aromatic N) is 2. The van der Waals surface area contributed by atoms with E-state index in [1.165, 1.54) is 6.07 Å². The summed E-state index contributed by atoms with van der Waals surface area (Å²) < 4.78 is 0. The molecule has 0 radical (unpaired) electrons. The molecule has 0 atom stereocenters. The lowest BCUT2D eigenvalue weighted by Crippen LogP contribution is -1.98. The number of pyridine rings is 1. The highest BCUT2D eigenvalue weighted by molar-refractivity contribution is 4.89. The third-order valence-electron chi connectivity index (χ3n) is 1.16. The Bertz CT molecular complexity index is 329. The molecular formula is C11H15N3O. The third kappa shape index (κ3) is 8.36. The molecule has 0 aliphatic carbocycles. The summed E-state index contributed by atoms with van der Waals surface area (Å²) in [6, 6.07) is 4.93. The molecule has 0 aliphatic heterocycles. The number of H-pyrrole nitrogens is 1. The highest BCUT2D eigenvalue weighted by Gasteiger charge is 1.69. The van der Waals surface area contributed by atoms with E-state index in [0.29, 0.717) is 0 Å². The first-order chi connectivity index (χ1) is 7.39. The van der Waals surface area contributed by atoms with Gasteiger partial charge in [-0.3, -0.25) is 14.8 Å².